The average molecular weight is 422 g/mol. The summed E-state index contributed by atoms with van der Waals surface area (Å²) in [5, 5.41) is 3.35. The largest absolute Gasteiger partial charge is 0.369 e. The Balaban J connectivity index is 1.64. The number of piperazine rings is 1. The first-order valence-corrected chi connectivity index (χ1v) is 10.7. The molecule has 1 N–H and O–H groups in total. The molecular formula is C18H20BrN3O2S. The molecule has 7 heteroatoms. The van der Waals surface area contributed by atoms with E-state index in [0.29, 0.717) is 11.4 Å². The van der Waals surface area contributed by atoms with E-state index in [4.69, 9.17) is 0 Å². The Morgan fingerprint density at radius 3 is 2.40 bits per heavy atom. The van der Waals surface area contributed by atoms with Crippen molar-refractivity contribution < 1.29 is 8.42 Å². The van der Waals surface area contributed by atoms with E-state index in [2.05, 4.69) is 32.2 Å². The number of hydrogen-bond donors (Lipinski definition) is 1. The highest BCUT2D eigenvalue weighted by atomic mass is 79.9. The molecule has 0 atom stereocenters. The second-order valence-electron chi connectivity index (χ2n) is 6.33. The zero-order chi connectivity index (χ0) is 17.4. The summed E-state index contributed by atoms with van der Waals surface area (Å²) in [7, 11) is -3.52. The first-order valence-electron chi connectivity index (χ1n) is 8.42. The number of nitrogens with zero attached hydrogens (tertiary/aromatic N) is 2. The summed E-state index contributed by atoms with van der Waals surface area (Å²) in [5.74, 6) is 0. The molecule has 0 unspecified atom stereocenters. The fraction of sp³-hybridized carbons (Fsp3) is 0.333. The molecule has 2 aromatic carbocycles. The van der Waals surface area contributed by atoms with Crippen molar-refractivity contribution in [2.24, 2.45) is 0 Å². The Morgan fingerprint density at radius 2 is 1.68 bits per heavy atom. The normalized spacial score (nSPS) is 17.6. The average Bonchev–Trinajstić information content (AvgIpc) is 3.07. The van der Waals surface area contributed by atoms with Gasteiger partial charge in [-0.25, -0.2) is 8.42 Å². The Bertz CT molecular complexity index is 878. The van der Waals surface area contributed by atoms with E-state index in [1.54, 1.807) is 24.3 Å². The van der Waals surface area contributed by atoms with Crippen LogP contribution in [-0.4, -0.2) is 41.1 Å². The van der Waals surface area contributed by atoms with Gasteiger partial charge in [0, 0.05) is 42.9 Å². The first kappa shape index (κ1) is 16.9. The van der Waals surface area contributed by atoms with Crippen LogP contribution in [0.4, 0.5) is 11.4 Å². The molecule has 2 heterocycles. The fourth-order valence-electron chi connectivity index (χ4n) is 3.46. The fourth-order valence-corrected chi connectivity index (χ4v) is 5.23. The summed E-state index contributed by atoms with van der Waals surface area (Å²) < 4.78 is 28.4. The molecule has 4 rings (SSSR count). The minimum atomic E-state index is -3.52. The second-order valence-corrected chi connectivity index (χ2v) is 9.11. The third kappa shape index (κ3) is 3.16. The number of fused-ring (bicyclic) bond motifs is 1. The summed E-state index contributed by atoms with van der Waals surface area (Å²) in [4.78, 5) is 2.68. The van der Waals surface area contributed by atoms with Crippen LogP contribution in [0.1, 0.15) is 5.56 Å². The Labute approximate surface area is 156 Å². The van der Waals surface area contributed by atoms with Crippen LogP contribution < -0.4 is 14.5 Å². The monoisotopic (exact) mass is 421 g/mol. The molecule has 1 fully saturated rings. The van der Waals surface area contributed by atoms with Gasteiger partial charge < -0.3 is 10.2 Å². The maximum Gasteiger partial charge on any atom is 0.264 e. The minimum absolute atomic E-state index is 0.328. The molecular weight excluding hydrogens is 402 g/mol. The van der Waals surface area contributed by atoms with Crippen LogP contribution in [0.25, 0.3) is 0 Å². The predicted molar refractivity (Wildman–Crippen MR) is 104 cm³/mol. The Hall–Kier alpha value is -1.57. The van der Waals surface area contributed by atoms with Gasteiger partial charge in [0.1, 0.15) is 0 Å². The maximum absolute atomic E-state index is 13.0. The molecule has 5 nitrogen and oxygen atoms in total. The van der Waals surface area contributed by atoms with Gasteiger partial charge in [-0.2, -0.15) is 0 Å². The lowest BCUT2D eigenvalue weighted by Crippen LogP contribution is -2.43. The predicted octanol–water partition coefficient (Wildman–Crippen LogP) is 2.61. The summed E-state index contributed by atoms with van der Waals surface area (Å²) in [5.41, 5.74) is 3.10. The molecule has 2 aliphatic rings. The van der Waals surface area contributed by atoms with Gasteiger partial charge in [0.25, 0.3) is 10.0 Å². The quantitative estimate of drug-likeness (QED) is 0.827. The van der Waals surface area contributed by atoms with Gasteiger partial charge in [-0.05, 0) is 54.4 Å². The van der Waals surface area contributed by atoms with Crippen molar-refractivity contribution in [2.75, 3.05) is 41.9 Å². The highest BCUT2D eigenvalue weighted by Crippen LogP contribution is 2.35. The number of halogens is 1. The number of nitrogens with one attached hydrogen (secondary N) is 1. The zero-order valence-corrected chi connectivity index (χ0v) is 16.2. The number of sulfonamides is 1. The van der Waals surface area contributed by atoms with Crippen LogP contribution in [0, 0.1) is 0 Å². The summed E-state index contributed by atoms with van der Waals surface area (Å²) in [6, 6.07) is 13.0. The lowest BCUT2D eigenvalue weighted by molar-refractivity contribution is 0.589. The summed E-state index contributed by atoms with van der Waals surface area (Å²) in [6.45, 7) is 4.44. The standard InChI is InChI=1S/C18H20BrN3O2S/c19-15-1-4-17(5-2-15)25(23,24)22-10-7-14-13-16(3-6-18(14)22)21-11-8-20-9-12-21/h1-6,13,20H,7-12H2. The van der Waals surface area contributed by atoms with E-state index in [9.17, 15) is 8.42 Å². The van der Waals surface area contributed by atoms with Crippen LogP contribution >= 0.6 is 15.9 Å². The molecule has 1 saturated heterocycles. The highest BCUT2D eigenvalue weighted by molar-refractivity contribution is 9.10. The SMILES string of the molecule is O=S(=O)(c1ccc(Br)cc1)N1CCc2cc(N3CCNCC3)ccc21. The van der Waals surface area contributed by atoms with Gasteiger partial charge >= 0.3 is 0 Å². The van der Waals surface area contributed by atoms with Crippen molar-refractivity contribution in [3.63, 3.8) is 0 Å². The van der Waals surface area contributed by atoms with Crippen molar-refractivity contribution in [1.82, 2.24) is 5.32 Å². The van der Waals surface area contributed by atoms with Gasteiger partial charge in [-0.15, -0.1) is 0 Å². The van der Waals surface area contributed by atoms with Gasteiger partial charge in [-0.3, -0.25) is 4.31 Å². The minimum Gasteiger partial charge on any atom is -0.369 e. The topological polar surface area (TPSA) is 52.7 Å². The number of hydrogen-bond acceptors (Lipinski definition) is 4. The molecule has 0 aromatic heterocycles. The van der Waals surface area contributed by atoms with Crippen molar-refractivity contribution in [3.8, 4) is 0 Å². The molecule has 2 aromatic rings. The molecule has 0 amide bonds. The van der Waals surface area contributed by atoms with E-state index in [-0.39, 0.29) is 0 Å². The van der Waals surface area contributed by atoms with Crippen LogP contribution in [0.3, 0.4) is 0 Å². The number of anilines is 2. The lowest BCUT2D eigenvalue weighted by atomic mass is 10.1. The first-order chi connectivity index (χ1) is 12.1. The van der Waals surface area contributed by atoms with Crippen LogP contribution in [0.5, 0.6) is 0 Å². The van der Waals surface area contributed by atoms with Crippen LogP contribution in [0.15, 0.2) is 51.8 Å². The third-order valence-corrected chi connectivity index (χ3v) is 7.16. The molecule has 0 spiro atoms. The smallest absolute Gasteiger partial charge is 0.264 e. The van der Waals surface area contributed by atoms with Crippen molar-refractivity contribution in [1.29, 1.82) is 0 Å². The van der Waals surface area contributed by atoms with Crippen molar-refractivity contribution in [3.05, 3.63) is 52.5 Å². The van der Waals surface area contributed by atoms with Gasteiger partial charge in [0.05, 0.1) is 10.6 Å². The molecule has 0 bridgehead atoms. The molecule has 25 heavy (non-hydrogen) atoms. The number of rotatable bonds is 3. The Morgan fingerprint density at radius 1 is 0.960 bits per heavy atom. The molecule has 0 aliphatic carbocycles. The highest BCUT2D eigenvalue weighted by Gasteiger charge is 2.31. The van der Waals surface area contributed by atoms with Crippen molar-refractivity contribution >= 4 is 37.3 Å². The molecule has 0 saturated carbocycles. The maximum atomic E-state index is 13.0. The van der Waals surface area contributed by atoms with E-state index >= 15 is 0 Å². The van der Waals surface area contributed by atoms with Gasteiger partial charge in [0.2, 0.25) is 0 Å². The summed E-state index contributed by atoms with van der Waals surface area (Å²) >= 11 is 3.35. The van der Waals surface area contributed by atoms with E-state index < -0.39 is 10.0 Å². The Kier molecular flexibility index (Phi) is 4.47. The van der Waals surface area contributed by atoms with E-state index in [0.717, 1.165) is 48.3 Å². The van der Waals surface area contributed by atoms with Crippen LogP contribution in [0.2, 0.25) is 0 Å². The summed E-state index contributed by atoms with van der Waals surface area (Å²) in [6.07, 6.45) is 0.755. The molecule has 0 radical (unpaired) electrons. The van der Waals surface area contributed by atoms with Gasteiger partial charge in [0.15, 0.2) is 0 Å². The second kappa shape index (κ2) is 6.63. The van der Waals surface area contributed by atoms with Gasteiger partial charge in [-0.1, -0.05) is 15.9 Å². The van der Waals surface area contributed by atoms with Crippen LogP contribution in [-0.2, 0) is 16.4 Å². The lowest BCUT2D eigenvalue weighted by Gasteiger charge is -2.30. The molecule has 132 valence electrons. The number of benzene rings is 2. The third-order valence-electron chi connectivity index (χ3n) is 4.80. The molecule has 2 aliphatic heterocycles. The zero-order valence-electron chi connectivity index (χ0n) is 13.8. The van der Waals surface area contributed by atoms with E-state index in [1.807, 2.05) is 12.1 Å². The van der Waals surface area contributed by atoms with Crippen molar-refractivity contribution in [2.45, 2.75) is 11.3 Å². The van der Waals surface area contributed by atoms with E-state index in [1.165, 1.54) is 9.99 Å².